The van der Waals surface area contributed by atoms with Crippen LogP contribution in [0.4, 0.5) is 4.39 Å². The van der Waals surface area contributed by atoms with Crippen LogP contribution in [0.2, 0.25) is 0 Å². The summed E-state index contributed by atoms with van der Waals surface area (Å²) in [7, 11) is 0. The number of carbonyl (C=O) groups excluding carboxylic acids is 1. The zero-order chi connectivity index (χ0) is 8.69. The molecule has 0 aliphatic rings. The van der Waals surface area contributed by atoms with Gasteiger partial charge in [-0.1, -0.05) is 0 Å². The van der Waals surface area contributed by atoms with Gasteiger partial charge in [-0.3, -0.25) is 4.79 Å². The lowest BCUT2D eigenvalue weighted by Crippen LogP contribution is -2.23. The average Bonchev–Trinajstić information content (AvgIpc) is 2.01. The van der Waals surface area contributed by atoms with Crippen LogP contribution in [0.3, 0.4) is 0 Å². The first-order chi connectivity index (χ1) is 5.20. The van der Waals surface area contributed by atoms with Gasteiger partial charge < -0.3 is 10.5 Å². The van der Waals surface area contributed by atoms with Gasteiger partial charge in [-0.25, -0.2) is 4.39 Å². The zero-order valence-electron chi connectivity index (χ0n) is 7.09. The Balaban J connectivity index is 0. The topological polar surface area (TPSA) is 52.3 Å². The summed E-state index contributed by atoms with van der Waals surface area (Å²) in [6.07, 6.45) is 0.564. The molecule has 0 fully saturated rings. The smallest absolute Gasteiger partial charge is 0.305 e. The van der Waals surface area contributed by atoms with E-state index in [1.165, 1.54) is 0 Å². The molecule has 0 aliphatic heterocycles. The Morgan fingerprint density at radius 2 is 2.25 bits per heavy atom. The quantitative estimate of drug-likeness (QED) is 0.674. The molecule has 0 aromatic rings. The molecule has 0 spiro atoms. The van der Waals surface area contributed by atoms with Gasteiger partial charge in [0.05, 0.1) is 6.61 Å². The van der Waals surface area contributed by atoms with E-state index in [2.05, 4.69) is 4.74 Å². The molecule has 0 aromatic carbocycles. The van der Waals surface area contributed by atoms with Crippen molar-refractivity contribution in [1.82, 2.24) is 0 Å². The highest BCUT2D eigenvalue weighted by molar-refractivity contribution is 5.85. The lowest BCUT2D eigenvalue weighted by atomic mass is 10.2. The molecule has 0 radical (unpaired) electrons. The van der Waals surface area contributed by atoms with Crippen molar-refractivity contribution in [1.29, 1.82) is 0 Å². The number of carbonyl (C=O) groups is 1. The Bertz CT molecular complexity index is 124. The van der Waals surface area contributed by atoms with Crippen molar-refractivity contribution < 1.29 is 13.9 Å². The summed E-state index contributed by atoms with van der Waals surface area (Å²) in [5.74, 6) is -0.309. The number of hydrogen-bond donors (Lipinski definition) is 1. The van der Waals surface area contributed by atoms with E-state index in [9.17, 15) is 9.18 Å². The molecular formula is C7H15ClFNO2. The van der Waals surface area contributed by atoms with Crippen molar-refractivity contribution in [2.75, 3.05) is 13.3 Å². The van der Waals surface area contributed by atoms with Crippen molar-refractivity contribution in [2.45, 2.75) is 25.8 Å². The molecule has 3 nitrogen and oxygen atoms in total. The second kappa shape index (κ2) is 8.74. The first-order valence-electron chi connectivity index (χ1n) is 3.67. The van der Waals surface area contributed by atoms with Crippen molar-refractivity contribution >= 4 is 18.4 Å². The van der Waals surface area contributed by atoms with E-state index in [1.54, 1.807) is 6.92 Å². The molecule has 0 saturated heterocycles. The maximum atomic E-state index is 11.7. The number of nitrogens with two attached hydrogens (primary N) is 1. The number of rotatable bonds is 5. The van der Waals surface area contributed by atoms with E-state index >= 15 is 0 Å². The predicted molar refractivity (Wildman–Crippen MR) is 47.1 cm³/mol. The fourth-order valence-electron chi connectivity index (χ4n) is 0.614. The molecule has 0 aliphatic carbocycles. The highest BCUT2D eigenvalue weighted by atomic mass is 35.5. The Labute approximate surface area is 77.9 Å². The molecule has 1 atom stereocenters. The third-order valence-corrected chi connectivity index (χ3v) is 1.22. The van der Waals surface area contributed by atoms with Gasteiger partial charge in [0.1, 0.15) is 6.67 Å². The van der Waals surface area contributed by atoms with Crippen molar-refractivity contribution in [2.24, 2.45) is 5.73 Å². The van der Waals surface area contributed by atoms with Gasteiger partial charge in [0.15, 0.2) is 0 Å². The van der Waals surface area contributed by atoms with Crippen LogP contribution >= 0.6 is 12.4 Å². The number of alkyl halides is 1. The fourth-order valence-corrected chi connectivity index (χ4v) is 0.614. The molecule has 12 heavy (non-hydrogen) atoms. The maximum Gasteiger partial charge on any atom is 0.305 e. The van der Waals surface area contributed by atoms with Gasteiger partial charge in [0.2, 0.25) is 0 Å². The second-order valence-corrected chi connectivity index (χ2v) is 2.26. The molecule has 2 N–H and O–H groups in total. The summed E-state index contributed by atoms with van der Waals surface area (Å²) in [4.78, 5) is 10.7. The monoisotopic (exact) mass is 199 g/mol. The molecule has 74 valence electrons. The predicted octanol–water partition coefficient (Wildman–Crippen LogP) is 1.05. The summed E-state index contributed by atoms with van der Waals surface area (Å²) < 4.78 is 16.4. The van der Waals surface area contributed by atoms with Gasteiger partial charge in [0.25, 0.3) is 0 Å². The van der Waals surface area contributed by atoms with Crippen LogP contribution in [0.5, 0.6) is 0 Å². The SMILES string of the molecule is CCOC(=O)CCC(N)CF.Cl. The first kappa shape index (κ1) is 14.2. The molecule has 0 amide bonds. The number of halogens is 2. The molecule has 0 rings (SSSR count). The average molecular weight is 200 g/mol. The van der Waals surface area contributed by atoms with Gasteiger partial charge in [-0.05, 0) is 13.3 Å². The van der Waals surface area contributed by atoms with Gasteiger partial charge >= 0.3 is 5.97 Å². The van der Waals surface area contributed by atoms with E-state index in [0.29, 0.717) is 13.0 Å². The molecule has 1 unspecified atom stereocenters. The second-order valence-electron chi connectivity index (χ2n) is 2.26. The fraction of sp³-hybridized carbons (Fsp3) is 0.857. The van der Waals surface area contributed by atoms with Crippen LogP contribution < -0.4 is 5.73 Å². The Morgan fingerprint density at radius 1 is 1.67 bits per heavy atom. The maximum absolute atomic E-state index is 11.7. The van der Waals surface area contributed by atoms with Crippen molar-refractivity contribution in [3.05, 3.63) is 0 Å². The van der Waals surface area contributed by atoms with Crippen LogP contribution in [0, 0.1) is 0 Å². The Morgan fingerprint density at radius 3 is 2.67 bits per heavy atom. The minimum Gasteiger partial charge on any atom is -0.466 e. The van der Waals surface area contributed by atoms with E-state index in [-0.39, 0.29) is 24.8 Å². The molecule has 0 heterocycles. The van der Waals surface area contributed by atoms with Crippen LogP contribution in [-0.2, 0) is 9.53 Å². The minimum absolute atomic E-state index is 0. The number of hydrogen-bond acceptors (Lipinski definition) is 3. The summed E-state index contributed by atoms with van der Waals surface area (Å²) in [6.45, 7) is 1.51. The molecule has 0 aromatic heterocycles. The van der Waals surface area contributed by atoms with Gasteiger partial charge in [0, 0.05) is 12.5 Å². The summed E-state index contributed by atoms with van der Waals surface area (Å²) >= 11 is 0. The zero-order valence-corrected chi connectivity index (χ0v) is 7.90. The number of esters is 1. The van der Waals surface area contributed by atoms with E-state index in [1.807, 2.05) is 0 Å². The molecule has 0 bridgehead atoms. The third kappa shape index (κ3) is 7.75. The van der Waals surface area contributed by atoms with Crippen LogP contribution in [0.1, 0.15) is 19.8 Å². The minimum atomic E-state index is -0.584. The standard InChI is InChI=1S/C7H14FNO2.ClH/c1-2-11-7(10)4-3-6(9)5-8;/h6H,2-5,9H2,1H3;1H. The van der Waals surface area contributed by atoms with Crippen LogP contribution in [0.25, 0.3) is 0 Å². The van der Waals surface area contributed by atoms with Crippen molar-refractivity contribution in [3.8, 4) is 0 Å². The van der Waals surface area contributed by atoms with E-state index in [0.717, 1.165) is 0 Å². The molecular weight excluding hydrogens is 185 g/mol. The summed E-state index contributed by atoms with van der Waals surface area (Å²) in [5, 5.41) is 0. The van der Waals surface area contributed by atoms with Crippen LogP contribution in [-0.4, -0.2) is 25.3 Å². The Kier molecular flexibility index (Phi) is 10.3. The van der Waals surface area contributed by atoms with Crippen molar-refractivity contribution in [3.63, 3.8) is 0 Å². The highest BCUT2D eigenvalue weighted by Gasteiger charge is 2.06. The lowest BCUT2D eigenvalue weighted by Gasteiger charge is -2.05. The summed E-state index contributed by atoms with van der Waals surface area (Å²) in [5.41, 5.74) is 5.23. The van der Waals surface area contributed by atoms with Gasteiger partial charge in [-0.2, -0.15) is 0 Å². The normalized spacial score (nSPS) is 11.6. The first-order valence-corrected chi connectivity index (χ1v) is 3.67. The third-order valence-electron chi connectivity index (χ3n) is 1.22. The summed E-state index contributed by atoms with van der Waals surface area (Å²) in [6, 6.07) is -0.528. The molecule has 5 heteroatoms. The van der Waals surface area contributed by atoms with Crippen LogP contribution in [0.15, 0.2) is 0 Å². The highest BCUT2D eigenvalue weighted by Crippen LogP contribution is 1.97. The lowest BCUT2D eigenvalue weighted by molar-refractivity contribution is -0.143. The molecule has 0 saturated carbocycles. The van der Waals surface area contributed by atoms with E-state index in [4.69, 9.17) is 5.73 Å². The largest absolute Gasteiger partial charge is 0.466 e. The number of ether oxygens (including phenoxy) is 1. The van der Waals surface area contributed by atoms with Gasteiger partial charge in [-0.15, -0.1) is 12.4 Å². The van der Waals surface area contributed by atoms with E-state index < -0.39 is 12.7 Å². The Hall–Kier alpha value is -0.350.